The van der Waals surface area contributed by atoms with Crippen LogP contribution < -0.4 is 5.32 Å². The van der Waals surface area contributed by atoms with Crippen LogP contribution in [0.1, 0.15) is 50.5 Å². The molecule has 138 valence electrons. The van der Waals surface area contributed by atoms with Crippen LogP contribution in [-0.4, -0.2) is 37.1 Å². The summed E-state index contributed by atoms with van der Waals surface area (Å²) < 4.78 is 14.1. The molecule has 1 unspecified atom stereocenters. The van der Waals surface area contributed by atoms with Gasteiger partial charge in [-0.25, -0.2) is 4.39 Å². The first kappa shape index (κ1) is 19.1. The van der Waals surface area contributed by atoms with Crippen LogP contribution in [0.4, 0.5) is 4.39 Å². The zero-order chi connectivity index (χ0) is 17.5. The Morgan fingerprint density at radius 3 is 2.64 bits per heavy atom. The Labute approximate surface area is 160 Å². The van der Waals surface area contributed by atoms with Gasteiger partial charge < -0.3 is 5.32 Å². The van der Waals surface area contributed by atoms with Gasteiger partial charge in [-0.1, -0.05) is 47.3 Å². The van der Waals surface area contributed by atoms with Gasteiger partial charge in [0.05, 0.1) is 0 Å². The standard InChI is InChI=1S/C21H30BrFN2/c22-19(13-17-8-10-20(23)11-9-17)14-24-15-21-7-4-12-25(21)16-18-5-2-1-3-6-18/h8-11,13,18,21,24H,1-7,12,14-16H2. The van der Waals surface area contributed by atoms with Crippen molar-refractivity contribution < 1.29 is 4.39 Å². The van der Waals surface area contributed by atoms with Gasteiger partial charge in [0.25, 0.3) is 0 Å². The van der Waals surface area contributed by atoms with E-state index < -0.39 is 0 Å². The zero-order valence-electron chi connectivity index (χ0n) is 15.0. The zero-order valence-corrected chi connectivity index (χ0v) is 16.6. The fourth-order valence-corrected chi connectivity index (χ4v) is 4.68. The molecule has 4 heteroatoms. The van der Waals surface area contributed by atoms with Crippen molar-refractivity contribution in [3.63, 3.8) is 0 Å². The monoisotopic (exact) mass is 408 g/mol. The summed E-state index contributed by atoms with van der Waals surface area (Å²) in [6.45, 7) is 4.46. The van der Waals surface area contributed by atoms with E-state index in [1.54, 1.807) is 12.1 Å². The summed E-state index contributed by atoms with van der Waals surface area (Å²) in [4.78, 5) is 2.72. The van der Waals surface area contributed by atoms with E-state index in [0.717, 1.165) is 29.1 Å². The number of hydrogen-bond donors (Lipinski definition) is 1. The molecule has 0 spiro atoms. The summed E-state index contributed by atoms with van der Waals surface area (Å²) in [5.74, 6) is 0.741. The van der Waals surface area contributed by atoms with Crippen LogP contribution in [0, 0.1) is 11.7 Å². The Morgan fingerprint density at radius 2 is 1.88 bits per heavy atom. The average Bonchev–Trinajstić information content (AvgIpc) is 3.05. The molecule has 0 radical (unpaired) electrons. The van der Waals surface area contributed by atoms with Crippen LogP contribution in [0.3, 0.4) is 0 Å². The summed E-state index contributed by atoms with van der Waals surface area (Å²) in [7, 11) is 0. The molecule has 1 aliphatic carbocycles. The van der Waals surface area contributed by atoms with Gasteiger partial charge in [-0.2, -0.15) is 0 Å². The Hall–Kier alpha value is -0.710. The lowest BCUT2D eigenvalue weighted by Crippen LogP contribution is -2.41. The second-order valence-corrected chi connectivity index (χ2v) is 8.59. The van der Waals surface area contributed by atoms with Gasteiger partial charge in [0.15, 0.2) is 0 Å². The minimum absolute atomic E-state index is 0.189. The highest BCUT2D eigenvalue weighted by Gasteiger charge is 2.26. The number of likely N-dealkylation sites (tertiary alicyclic amines) is 1. The van der Waals surface area contributed by atoms with Crippen molar-refractivity contribution in [3.8, 4) is 0 Å². The third kappa shape index (κ3) is 6.19. The van der Waals surface area contributed by atoms with Crippen LogP contribution in [0.25, 0.3) is 6.08 Å². The number of hydrogen-bond acceptors (Lipinski definition) is 2. The first-order chi connectivity index (χ1) is 12.2. The molecule has 1 aromatic carbocycles. The topological polar surface area (TPSA) is 15.3 Å². The summed E-state index contributed by atoms with van der Waals surface area (Å²) in [6, 6.07) is 7.30. The number of rotatable bonds is 7. The van der Waals surface area contributed by atoms with Crippen molar-refractivity contribution in [2.24, 2.45) is 5.92 Å². The maximum Gasteiger partial charge on any atom is 0.123 e. The molecule has 1 N–H and O–H groups in total. The quantitative estimate of drug-likeness (QED) is 0.666. The van der Waals surface area contributed by atoms with Crippen LogP contribution in [0.15, 0.2) is 28.7 Å². The molecule has 2 nitrogen and oxygen atoms in total. The number of benzene rings is 1. The SMILES string of the molecule is Fc1ccc(C=C(Br)CNCC2CCCN2CC2CCCCC2)cc1. The van der Waals surface area contributed by atoms with Crippen molar-refractivity contribution >= 4 is 22.0 Å². The van der Waals surface area contributed by atoms with Gasteiger partial charge in [-0.3, -0.25) is 4.90 Å². The molecule has 3 rings (SSSR count). The molecule has 2 fully saturated rings. The number of nitrogens with one attached hydrogen (secondary N) is 1. The number of nitrogens with zero attached hydrogens (tertiary/aromatic N) is 1. The first-order valence-corrected chi connectivity index (χ1v) is 10.6. The van der Waals surface area contributed by atoms with E-state index in [2.05, 4.69) is 32.2 Å². The van der Waals surface area contributed by atoms with Gasteiger partial charge in [-0.05, 0) is 61.9 Å². The highest BCUT2D eigenvalue weighted by atomic mass is 79.9. The van der Waals surface area contributed by atoms with Crippen LogP contribution in [-0.2, 0) is 0 Å². The minimum atomic E-state index is -0.189. The molecule has 0 amide bonds. The second-order valence-electron chi connectivity index (χ2n) is 7.57. The molecule has 2 aliphatic rings. The van der Waals surface area contributed by atoms with E-state index in [4.69, 9.17) is 0 Å². The normalized spacial score (nSPS) is 23.3. The minimum Gasteiger partial charge on any atom is -0.311 e. The van der Waals surface area contributed by atoms with E-state index in [-0.39, 0.29) is 5.82 Å². The van der Waals surface area contributed by atoms with Gasteiger partial charge in [0.1, 0.15) is 5.82 Å². The Kier molecular flexibility index (Phi) is 7.50. The van der Waals surface area contributed by atoms with Gasteiger partial charge in [0, 0.05) is 30.2 Å². The Bertz CT molecular complexity index is 552. The van der Waals surface area contributed by atoms with E-state index in [1.807, 2.05) is 0 Å². The third-order valence-electron chi connectivity index (χ3n) is 5.58. The third-order valence-corrected chi connectivity index (χ3v) is 6.09. The molecular formula is C21H30BrFN2. The maximum atomic E-state index is 13.0. The van der Waals surface area contributed by atoms with E-state index >= 15 is 0 Å². The van der Waals surface area contributed by atoms with Crippen molar-refractivity contribution in [1.82, 2.24) is 10.2 Å². The predicted octanol–water partition coefficient (Wildman–Crippen LogP) is 5.20. The fraction of sp³-hybridized carbons (Fsp3) is 0.619. The van der Waals surface area contributed by atoms with E-state index in [9.17, 15) is 4.39 Å². The summed E-state index contributed by atoms with van der Waals surface area (Å²) in [6.07, 6.45) is 11.9. The van der Waals surface area contributed by atoms with Gasteiger partial charge >= 0.3 is 0 Å². The molecule has 0 bridgehead atoms. The molecule has 1 saturated carbocycles. The van der Waals surface area contributed by atoms with Gasteiger partial charge in [-0.15, -0.1) is 0 Å². The Balaban J connectivity index is 1.41. The van der Waals surface area contributed by atoms with Crippen molar-refractivity contribution in [2.45, 2.75) is 51.0 Å². The van der Waals surface area contributed by atoms with Crippen molar-refractivity contribution in [3.05, 3.63) is 40.1 Å². The molecule has 25 heavy (non-hydrogen) atoms. The molecule has 0 aromatic heterocycles. The summed E-state index contributed by atoms with van der Waals surface area (Å²) >= 11 is 3.63. The highest BCUT2D eigenvalue weighted by molar-refractivity contribution is 9.11. The predicted molar refractivity (Wildman–Crippen MR) is 107 cm³/mol. The Morgan fingerprint density at radius 1 is 1.12 bits per heavy atom. The van der Waals surface area contributed by atoms with Gasteiger partial charge in [0.2, 0.25) is 0 Å². The maximum absolute atomic E-state index is 13.0. The second kappa shape index (κ2) is 9.84. The van der Waals surface area contributed by atoms with Crippen molar-refractivity contribution in [2.75, 3.05) is 26.2 Å². The van der Waals surface area contributed by atoms with E-state index in [0.29, 0.717) is 6.04 Å². The molecular weight excluding hydrogens is 379 g/mol. The molecule has 1 saturated heterocycles. The average molecular weight is 409 g/mol. The summed E-state index contributed by atoms with van der Waals surface area (Å²) in [5, 5.41) is 3.60. The fourth-order valence-electron chi connectivity index (χ4n) is 4.22. The lowest BCUT2D eigenvalue weighted by Gasteiger charge is -2.31. The molecule has 1 aromatic rings. The smallest absolute Gasteiger partial charge is 0.123 e. The van der Waals surface area contributed by atoms with E-state index in [1.165, 1.54) is 70.2 Å². The molecule has 1 atom stereocenters. The lowest BCUT2D eigenvalue weighted by atomic mass is 9.89. The van der Waals surface area contributed by atoms with Crippen LogP contribution in [0.5, 0.6) is 0 Å². The molecule has 1 heterocycles. The molecule has 1 aliphatic heterocycles. The lowest BCUT2D eigenvalue weighted by molar-refractivity contribution is 0.185. The first-order valence-electron chi connectivity index (χ1n) is 9.77. The highest BCUT2D eigenvalue weighted by Crippen LogP contribution is 2.27. The number of halogens is 2. The van der Waals surface area contributed by atoms with Crippen molar-refractivity contribution in [1.29, 1.82) is 0 Å². The van der Waals surface area contributed by atoms with Crippen LogP contribution in [0.2, 0.25) is 0 Å². The largest absolute Gasteiger partial charge is 0.311 e. The summed E-state index contributed by atoms with van der Waals surface area (Å²) in [5.41, 5.74) is 1.02. The van der Waals surface area contributed by atoms with Crippen LogP contribution >= 0.6 is 15.9 Å².